The molecule has 0 radical (unpaired) electrons. The standard InChI is InChI=1S/C42H52N4/c1-25-15-29(5)38(30(6)16-25)45(39-31(7)17-26(2)18-32(39)8)23-37(42-43-13-14-44-42)46(24-45,40-33(9)19-27(3)20-34(40)10)41-35(11)21-28(4)22-36(41)12/h13-22,43-44H,23-24H2,1-12H3/q+2. The van der Waals surface area contributed by atoms with Gasteiger partial charge in [-0.05, 0) is 83.1 Å². The lowest BCUT2D eigenvalue weighted by Gasteiger charge is -2.40. The van der Waals surface area contributed by atoms with Gasteiger partial charge in [0.2, 0.25) is 12.4 Å². The highest BCUT2D eigenvalue weighted by molar-refractivity contribution is 5.81. The highest BCUT2D eigenvalue weighted by atomic mass is 15.6. The van der Waals surface area contributed by atoms with Crippen LogP contribution in [0.5, 0.6) is 0 Å². The summed E-state index contributed by atoms with van der Waals surface area (Å²) in [6.45, 7) is 29.1. The molecule has 4 aromatic rings. The molecular weight excluding hydrogens is 560 g/mol. The summed E-state index contributed by atoms with van der Waals surface area (Å²) in [6, 6.07) is 19.1. The molecule has 0 saturated carbocycles. The van der Waals surface area contributed by atoms with Crippen molar-refractivity contribution in [3.63, 3.8) is 0 Å². The zero-order valence-corrected chi connectivity index (χ0v) is 30.1. The first kappa shape index (κ1) is 31.8. The highest BCUT2D eigenvalue weighted by Gasteiger charge is 2.62. The molecule has 4 heteroatoms. The summed E-state index contributed by atoms with van der Waals surface area (Å²) in [7, 11) is 0. The van der Waals surface area contributed by atoms with Gasteiger partial charge in [0.05, 0.1) is 0 Å². The third-order valence-corrected chi connectivity index (χ3v) is 10.3. The minimum atomic E-state index is 0.645. The average molecular weight is 613 g/mol. The molecule has 2 aliphatic rings. The number of quaternary nitrogens is 2. The Balaban J connectivity index is 1.87. The maximum atomic E-state index is 3.67. The second-order valence-corrected chi connectivity index (χ2v) is 14.5. The predicted molar refractivity (Wildman–Crippen MR) is 198 cm³/mol. The number of hydrogen-bond acceptors (Lipinski definition) is 2. The van der Waals surface area contributed by atoms with Gasteiger partial charge in [0.25, 0.3) is 0 Å². The van der Waals surface area contributed by atoms with E-state index in [1.54, 1.807) is 0 Å². The van der Waals surface area contributed by atoms with Crippen molar-refractivity contribution in [3.05, 3.63) is 139 Å². The fourth-order valence-electron chi connectivity index (χ4n) is 9.78. The first-order valence-electron chi connectivity index (χ1n) is 16.7. The third-order valence-electron chi connectivity index (χ3n) is 10.3. The van der Waals surface area contributed by atoms with E-state index in [4.69, 9.17) is 0 Å². The average Bonchev–Trinajstić information content (AvgIpc) is 3.54. The molecule has 0 aromatic heterocycles. The first-order chi connectivity index (χ1) is 21.7. The molecule has 4 nitrogen and oxygen atoms in total. The van der Waals surface area contributed by atoms with Crippen LogP contribution < -0.4 is 19.6 Å². The van der Waals surface area contributed by atoms with Gasteiger partial charge in [-0.3, -0.25) is 0 Å². The molecule has 238 valence electrons. The number of rotatable bonds is 4. The molecule has 0 spiro atoms. The van der Waals surface area contributed by atoms with E-state index in [-0.39, 0.29) is 0 Å². The molecule has 0 atom stereocenters. The van der Waals surface area contributed by atoms with Crippen molar-refractivity contribution in [3.8, 4) is 0 Å². The van der Waals surface area contributed by atoms with E-state index in [9.17, 15) is 0 Å². The van der Waals surface area contributed by atoms with Gasteiger partial charge in [-0.1, -0.05) is 70.8 Å². The Hall–Kier alpha value is -4.12. The van der Waals surface area contributed by atoms with Gasteiger partial charge < -0.3 is 10.6 Å². The minimum Gasteiger partial charge on any atom is -0.342 e. The molecule has 2 heterocycles. The van der Waals surface area contributed by atoms with E-state index >= 15 is 0 Å². The summed E-state index contributed by atoms with van der Waals surface area (Å²) in [5.74, 6) is 1.09. The van der Waals surface area contributed by atoms with Gasteiger partial charge >= 0.3 is 0 Å². The monoisotopic (exact) mass is 612 g/mol. The number of aryl methyl sites for hydroxylation is 12. The maximum Gasteiger partial charge on any atom is 0.231 e. The lowest BCUT2D eigenvalue weighted by molar-refractivity contribution is 0.375. The van der Waals surface area contributed by atoms with Crippen molar-refractivity contribution < 1.29 is 0 Å². The maximum absolute atomic E-state index is 3.67. The van der Waals surface area contributed by atoms with Crippen molar-refractivity contribution in [2.24, 2.45) is 0 Å². The van der Waals surface area contributed by atoms with E-state index in [2.05, 4.69) is 142 Å². The molecule has 2 N–H and O–H groups in total. The molecule has 0 amide bonds. The molecule has 0 aliphatic carbocycles. The summed E-state index contributed by atoms with van der Waals surface area (Å²) in [4.78, 5) is 0. The molecule has 1 fully saturated rings. The van der Waals surface area contributed by atoms with E-state index < -0.39 is 0 Å². The molecule has 4 aromatic carbocycles. The van der Waals surface area contributed by atoms with Crippen LogP contribution in [-0.4, -0.2) is 13.2 Å². The summed E-state index contributed by atoms with van der Waals surface area (Å²) < 4.78 is 1.38. The Bertz CT molecular complexity index is 1750. The molecule has 2 aliphatic heterocycles. The minimum absolute atomic E-state index is 0.645. The second-order valence-electron chi connectivity index (χ2n) is 14.5. The fraction of sp³-hybridized carbons (Fsp3) is 0.333. The quantitative estimate of drug-likeness (QED) is 0.224. The molecular formula is C42H52N4+2. The number of nitrogens with zero attached hydrogens (tertiary/aromatic N) is 2. The summed E-state index contributed by atoms with van der Waals surface area (Å²) in [5.41, 5.74) is 22.9. The topological polar surface area (TPSA) is 24.1 Å². The van der Waals surface area contributed by atoms with Crippen LogP contribution in [0.25, 0.3) is 0 Å². The van der Waals surface area contributed by atoms with Gasteiger partial charge in [0.15, 0.2) is 23.7 Å². The largest absolute Gasteiger partial charge is 0.342 e. The van der Waals surface area contributed by atoms with Crippen LogP contribution in [0.1, 0.15) is 66.8 Å². The van der Waals surface area contributed by atoms with Gasteiger partial charge in [0.1, 0.15) is 11.4 Å². The van der Waals surface area contributed by atoms with Crippen molar-refractivity contribution in [2.75, 3.05) is 13.2 Å². The molecule has 0 bridgehead atoms. The van der Waals surface area contributed by atoms with Crippen LogP contribution >= 0.6 is 0 Å². The van der Waals surface area contributed by atoms with Crippen LogP contribution in [0.4, 0.5) is 22.7 Å². The second kappa shape index (κ2) is 11.3. The van der Waals surface area contributed by atoms with Gasteiger partial charge in [-0.25, -0.2) is 4.48 Å². The smallest absolute Gasteiger partial charge is 0.231 e. The van der Waals surface area contributed by atoms with Crippen molar-refractivity contribution in [1.82, 2.24) is 19.6 Å². The van der Waals surface area contributed by atoms with Crippen molar-refractivity contribution in [1.29, 1.82) is 0 Å². The molecule has 0 unspecified atom stereocenters. The number of hydrogen-bond donors (Lipinski definition) is 2. The van der Waals surface area contributed by atoms with Gasteiger partial charge in [0, 0.05) is 56.9 Å². The Labute approximate surface area is 277 Å². The first-order valence-corrected chi connectivity index (χ1v) is 16.7. The van der Waals surface area contributed by atoms with E-state index in [0.29, 0.717) is 4.48 Å². The number of benzene rings is 4. The Kier molecular flexibility index (Phi) is 7.82. The van der Waals surface area contributed by atoms with Crippen LogP contribution in [-0.2, 0) is 0 Å². The van der Waals surface area contributed by atoms with Crippen LogP contribution in [0.3, 0.4) is 0 Å². The summed E-state index contributed by atoms with van der Waals surface area (Å²) >= 11 is 0. The van der Waals surface area contributed by atoms with Gasteiger partial charge in [-0.15, -0.1) is 0 Å². The highest BCUT2D eigenvalue weighted by Crippen LogP contribution is 2.57. The van der Waals surface area contributed by atoms with Crippen LogP contribution in [0.15, 0.2) is 72.4 Å². The Morgan fingerprint density at radius 3 is 1.00 bits per heavy atom. The van der Waals surface area contributed by atoms with E-state index in [0.717, 1.165) is 23.5 Å². The Morgan fingerprint density at radius 2 is 0.696 bits per heavy atom. The van der Waals surface area contributed by atoms with Crippen LogP contribution in [0, 0.1) is 83.1 Å². The normalized spacial score (nSPS) is 16.6. The fourth-order valence-corrected chi connectivity index (χ4v) is 9.78. The van der Waals surface area contributed by atoms with E-state index in [1.807, 2.05) is 12.4 Å². The molecule has 46 heavy (non-hydrogen) atoms. The van der Waals surface area contributed by atoms with Crippen molar-refractivity contribution in [2.45, 2.75) is 83.1 Å². The zero-order valence-electron chi connectivity index (χ0n) is 30.1. The zero-order chi connectivity index (χ0) is 33.3. The number of nitrogens with one attached hydrogen (secondary N) is 2. The lowest BCUT2D eigenvalue weighted by Crippen LogP contribution is -2.52. The van der Waals surface area contributed by atoms with Crippen molar-refractivity contribution >= 4 is 22.7 Å². The lowest BCUT2D eigenvalue weighted by atomic mass is 9.96. The van der Waals surface area contributed by atoms with E-state index in [1.165, 1.54) is 95.2 Å². The molecule has 6 rings (SSSR count). The molecule has 1 saturated heterocycles. The summed E-state index contributed by atoms with van der Waals surface area (Å²) in [6.07, 6.45) is 4.08. The third kappa shape index (κ3) is 4.82. The Morgan fingerprint density at radius 1 is 0.413 bits per heavy atom. The SMILES string of the molecule is Cc1cc(C)c([N+]2(c3c(C)cc(C)cc3C)CC(=C3NC=CN3)[N+](c3c(C)cc(C)cc3C)(c3c(C)cc(C)cc3C)C2)c(C)c1. The van der Waals surface area contributed by atoms with Gasteiger partial charge in [-0.2, -0.15) is 4.48 Å². The van der Waals surface area contributed by atoms with Crippen LogP contribution in [0.2, 0.25) is 0 Å². The predicted octanol–water partition coefficient (Wildman–Crippen LogP) is 10.2. The summed E-state index contributed by atoms with van der Waals surface area (Å²) in [5, 5.41) is 7.35.